The maximum absolute atomic E-state index is 12.6. The molecule has 0 bridgehead atoms. The van der Waals surface area contributed by atoms with Crippen molar-refractivity contribution in [3.63, 3.8) is 0 Å². The molecular weight excluding hydrogens is 1170 g/mol. The fraction of sp³-hybridized carbons (Fsp3) is 0.388. The number of aromatic carboxylic acids is 1. The number of rotatable bonds is 18. The Morgan fingerprint density at radius 2 is 1.51 bits per heavy atom. The van der Waals surface area contributed by atoms with Gasteiger partial charge in [-0.2, -0.15) is 13.2 Å². The molecular formula is C49H58Cl2F3N4O19PS2. The first-order valence-corrected chi connectivity index (χ1v) is 30.0. The summed E-state index contributed by atoms with van der Waals surface area (Å²) in [5, 5.41) is 40.5. The molecule has 1 aliphatic rings. The van der Waals surface area contributed by atoms with Crippen molar-refractivity contribution in [2.45, 2.75) is 63.6 Å². The Kier molecular flexibility index (Phi) is 29.4. The van der Waals surface area contributed by atoms with Gasteiger partial charge in [0.05, 0.1) is 80.8 Å². The summed E-state index contributed by atoms with van der Waals surface area (Å²) in [6, 6.07) is 14.1. The summed E-state index contributed by atoms with van der Waals surface area (Å²) < 4.78 is 81.0. The number of nitro benzene ring substituents is 2. The van der Waals surface area contributed by atoms with Crippen molar-refractivity contribution in [3.8, 4) is 11.5 Å². The fourth-order valence-electron chi connectivity index (χ4n) is 6.88. The molecule has 0 radical (unpaired) electrons. The Morgan fingerprint density at radius 1 is 0.938 bits per heavy atom. The number of carbonyl (C=O) groups is 6. The van der Waals surface area contributed by atoms with Crippen molar-refractivity contribution >= 4 is 104 Å². The zero-order chi connectivity index (χ0) is 61.6. The highest BCUT2D eigenvalue weighted by atomic mass is 35.5. The first kappa shape index (κ1) is 71.7. The summed E-state index contributed by atoms with van der Waals surface area (Å²) in [5.74, 6) is -6.73. The quantitative estimate of drug-likeness (QED) is 0.0141. The van der Waals surface area contributed by atoms with Crippen molar-refractivity contribution in [3.05, 3.63) is 126 Å². The van der Waals surface area contributed by atoms with Gasteiger partial charge in [-0.25, -0.2) is 13.2 Å². The Labute approximate surface area is 470 Å². The average Bonchev–Trinajstić information content (AvgIpc) is 3.34. The smallest absolute Gasteiger partial charge is 0.416 e. The van der Waals surface area contributed by atoms with E-state index in [9.17, 15) is 80.0 Å². The predicted molar refractivity (Wildman–Crippen MR) is 290 cm³/mol. The molecule has 440 valence electrons. The number of carboxylic acid groups (broad SMARTS) is 2. The zero-order valence-corrected chi connectivity index (χ0v) is 48.1. The SMILES string of the molecule is CCc1cccc(C)c1N(C(=O)CCl)C(C)COC.CS(=O)(=O)c1ccc(C(=O)C2C(=O)CCCC2=O)c([N+](=O)[O-])c1.C[S+](C)C.O=C(O)CNCP(=O)([O-])O.O=C(O)c1cc(Oc2ccc(C(F)(F)F)cc2Cl)ccc1[N+](=O)[O-]. The molecule has 0 aliphatic heterocycles. The lowest BCUT2D eigenvalue weighted by atomic mass is 9.81. The Bertz CT molecular complexity index is 3040. The molecule has 1 fully saturated rings. The number of benzene rings is 4. The standard InChI is InChI=1S/C15H22ClNO2.C14H7ClF3NO5.C14H13NO7S.C3H8NO5P.C3H9S/c1-5-13-8-6-7-11(2)15(13)17(14(18)9-16)12(3)10-19-4;15-10-5-7(14(16,17)18)1-4-12(10)24-8-2-3-11(19(22)23)9(6-8)13(20)21;1-23(21,22)8-5-6-9(10(7-8)15(19)20)14(18)13-11(16)3-2-4-12(13)17;5-3(6)1-4-2-10(7,8)9;1-4(2)3/h6-8,12H,5,9-10H2,1-4H3;1-6H,(H,20,21);5-7,13H,2-4H2,1H3;4H,1-2H2,(H,5,6)(H2,7,8,9);1-3H3/q;;;;+1/p-1. The number of amides is 1. The van der Waals surface area contributed by atoms with E-state index in [0.717, 1.165) is 78.0 Å². The van der Waals surface area contributed by atoms with Gasteiger partial charge in [-0.05, 0) is 85.1 Å². The number of aliphatic carboxylic acids is 1. The Balaban J connectivity index is 0.000000539. The van der Waals surface area contributed by atoms with E-state index < -0.39 is 110 Å². The van der Waals surface area contributed by atoms with Crippen LogP contribution in [0, 0.1) is 33.1 Å². The molecule has 1 aliphatic carbocycles. The first-order chi connectivity index (χ1) is 36.9. The number of alkyl halides is 4. The highest BCUT2D eigenvalue weighted by Gasteiger charge is 2.39. The normalized spacial score (nSPS) is 13.4. The van der Waals surface area contributed by atoms with Crippen LogP contribution in [0.1, 0.15) is 70.5 Å². The number of nitrogens with one attached hydrogen (secondary N) is 1. The van der Waals surface area contributed by atoms with E-state index >= 15 is 0 Å². The second-order valence-electron chi connectivity index (χ2n) is 17.3. The molecule has 2 atom stereocenters. The number of anilines is 1. The number of hydrogen-bond donors (Lipinski definition) is 4. The van der Waals surface area contributed by atoms with Gasteiger partial charge in [0, 0.05) is 44.4 Å². The van der Waals surface area contributed by atoms with E-state index in [1.54, 1.807) is 12.0 Å². The fourth-order valence-corrected chi connectivity index (χ4v) is 8.26. The number of nitrogens with zero attached hydrogens (tertiary/aromatic N) is 3. The number of halogens is 5. The summed E-state index contributed by atoms with van der Waals surface area (Å²) in [7, 11) is -5.77. The van der Waals surface area contributed by atoms with Gasteiger partial charge >= 0.3 is 18.1 Å². The van der Waals surface area contributed by atoms with E-state index in [2.05, 4.69) is 31.8 Å². The molecule has 2 unspecified atom stereocenters. The van der Waals surface area contributed by atoms with Crippen molar-refractivity contribution in [1.29, 1.82) is 0 Å². The lowest BCUT2D eigenvalue weighted by Gasteiger charge is -2.31. The minimum Gasteiger partial charge on any atom is -0.778 e. The zero-order valence-electron chi connectivity index (χ0n) is 44.1. The molecule has 0 aromatic heterocycles. The van der Waals surface area contributed by atoms with Gasteiger partial charge in [0.15, 0.2) is 27.2 Å². The van der Waals surface area contributed by atoms with Crippen molar-refractivity contribution in [2.24, 2.45) is 5.92 Å². The third-order valence-corrected chi connectivity index (χ3v) is 12.5. The molecule has 0 heterocycles. The molecule has 80 heavy (non-hydrogen) atoms. The third kappa shape index (κ3) is 23.8. The molecule has 23 nitrogen and oxygen atoms in total. The van der Waals surface area contributed by atoms with E-state index in [4.69, 9.17) is 47.8 Å². The molecule has 4 N–H and O–H groups in total. The lowest BCUT2D eigenvalue weighted by Crippen LogP contribution is -2.43. The van der Waals surface area contributed by atoms with Gasteiger partial charge in [-0.15, -0.1) is 11.6 Å². The Morgan fingerprint density at radius 3 is 1.96 bits per heavy atom. The molecule has 0 saturated heterocycles. The minimum atomic E-state index is -4.58. The number of carbonyl (C=O) groups excluding carboxylic acids is 4. The van der Waals surface area contributed by atoms with Crippen LogP contribution in [0.3, 0.4) is 0 Å². The van der Waals surface area contributed by atoms with Crippen LogP contribution in [0.2, 0.25) is 5.02 Å². The van der Waals surface area contributed by atoms with Crippen molar-refractivity contribution in [2.75, 3.05) is 62.4 Å². The minimum absolute atomic E-state index is 0.0223. The number of carboxylic acids is 2. The number of sulfone groups is 1. The van der Waals surface area contributed by atoms with E-state index in [0.29, 0.717) is 30.0 Å². The molecule has 5 rings (SSSR count). The summed E-state index contributed by atoms with van der Waals surface area (Å²) in [6.07, 6.45) is 3.54. The molecule has 31 heteroatoms. The van der Waals surface area contributed by atoms with Crippen LogP contribution in [0.25, 0.3) is 0 Å². The summed E-state index contributed by atoms with van der Waals surface area (Å²) in [6.45, 7) is 6.08. The van der Waals surface area contributed by atoms with Crippen LogP contribution < -0.4 is 19.8 Å². The monoisotopic (exact) mass is 1230 g/mol. The summed E-state index contributed by atoms with van der Waals surface area (Å²) >= 11 is 11.5. The first-order valence-electron chi connectivity index (χ1n) is 23.0. The maximum atomic E-state index is 12.6. The van der Waals surface area contributed by atoms with Crippen LogP contribution in [-0.4, -0.2) is 132 Å². The number of Topliss-reactive ketones (excluding diaryl/α,β-unsaturated/α-hetero) is 3. The lowest BCUT2D eigenvalue weighted by molar-refractivity contribution is -0.385. The average molecular weight is 1230 g/mol. The summed E-state index contributed by atoms with van der Waals surface area (Å²) in [5.41, 5.74) is -0.203. The van der Waals surface area contributed by atoms with Crippen molar-refractivity contribution in [1.82, 2.24) is 5.32 Å². The number of ketones is 3. The number of ether oxygens (including phenoxy) is 2. The van der Waals surface area contributed by atoms with E-state index in [1.807, 2.05) is 31.3 Å². The molecule has 0 spiro atoms. The topological polar surface area (TPSA) is 357 Å². The molecule has 1 saturated carbocycles. The molecule has 4 aromatic rings. The number of aryl methyl sites for hydroxylation is 2. The Hall–Kier alpha value is -6.36. The van der Waals surface area contributed by atoms with Crippen LogP contribution >= 0.6 is 30.8 Å². The number of methoxy groups -OCH3 is 1. The molecule has 4 aromatic carbocycles. The maximum Gasteiger partial charge on any atom is 0.416 e. The van der Waals surface area contributed by atoms with Gasteiger partial charge in [-0.1, -0.05) is 36.7 Å². The number of nitro groups is 2. The number of hydrogen-bond acceptors (Lipinski definition) is 17. The van der Waals surface area contributed by atoms with Crippen molar-refractivity contribution < 1.29 is 94.2 Å². The van der Waals surface area contributed by atoms with Crippen LogP contribution in [0.5, 0.6) is 11.5 Å². The van der Waals surface area contributed by atoms with E-state index in [1.165, 1.54) is 0 Å². The van der Waals surface area contributed by atoms with Gasteiger partial charge in [0.1, 0.15) is 36.5 Å². The number of para-hydroxylation sites is 1. The highest BCUT2D eigenvalue weighted by Crippen LogP contribution is 2.38. The second kappa shape index (κ2) is 32.8. The van der Waals surface area contributed by atoms with Gasteiger partial charge in [-0.3, -0.25) is 49.5 Å². The highest BCUT2D eigenvalue weighted by molar-refractivity contribution is 7.94. The van der Waals surface area contributed by atoms with Gasteiger partial charge in [0.25, 0.3) is 11.4 Å². The third-order valence-electron chi connectivity index (χ3n) is 10.3. The largest absolute Gasteiger partial charge is 0.778 e. The summed E-state index contributed by atoms with van der Waals surface area (Å²) in [4.78, 5) is 109. The van der Waals surface area contributed by atoms with Crippen LogP contribution in [-0.2, 0) is 61.8 Å². The van der Waals surface area contributed by atoms with Crippen LogP contribution in [0.15, 0.2) is 77.7 Å². The van der Waals surface area contributed by atoms with Gasteiger partial charge in [0.2, 0.25) is 5.91 Å². The van der Waals surface area contributed by atoms with Crippen LogP contribution in [0.4, 0.5) is 30.2 Å². The van der Waals surface area contributed by atoms with Gasteiger partial charge < -0.3 is 38.9 Å². The molecule has 1 amide bonds. The second-order valence-corrected chi connectivity index (χ2v) is 24.0. The van der Waals surface area contributed by atoms with E-state index in [-0.39, 0.29) is 52.1 Å². The predicted octanol–water partition coefficient (Wildman–Crippen LogP) is 7.70.